The molecule has 4 unspecified atom stereocenters. The summed E-state index contributed by atoms with van der Waals surface area (Å²) >= 11 is 0. The zero-order valence-corrected chi connectivity index (χ0v) is 12.3. The maximum absolute atomic E-state index is 12.4. The van der Waals surface area contributed by atoms with Crippen LogP contribution in [-0.4, -0.2) is 57.1 Å². The van der Waals surface area contributed by atoms with Crippen LogP contribution in [-0.2, 0) is 23.8 Å². The summed E-state index contributed by atoms with van der Waals surface area (Å²) in [5.41, 5.74) is -5.50. The van der Waals surface area contributed by atoms with Crippen LogP contribution in [0.2, 0.25) is 0 Å². The van der Waals surface area contributed by atoms with Gasteiger partial charge < -0.3 is 4.74 Å². The van der Waals surface area contributed by atoms with E-state index in [1.165, 1.54) is 0 Å². The monoisotopic (exact) mass is 331 g/mol. The average Bonchev–Trinajstić information content (AvgIpc) is 2.60. The van der Waals surface area contributed by atoms with E-state index in [0.717, 1.165) is 7.11 Å². The second-order valence-corrected chi connectivity index (χ2v) is 6.85. The van der Waals surface area contributed by atoms with Gasteiger partial charge in [-0.3, -0.25) is 13.9 Å². The number of nitrogens with zero attached hydrogens (tertiary/aromatic N) is 1. The Morgan fingerprint density at radius 2 is 1.90 bits per heavy atom. The lowest BCUT2D eigenvalue weighted by Crippen LogP contribution is -2.54. The van der Waals surface area contributed by atoms with Crippen molar-refractivity contribution in [2.24, 2.45) is 5.92 Å². The maximum Gasteiger partial charge on any atom is 0.523 e. The number of halogens is 3. The van der Waals surface area contributed by atoms with Gasteiger partial charge in [0.15, 0.2) is 0 Å². The molecule has 0 spiro atoms. The molecule has 4 atom stereocenters. The molecule has 0 radical (unpaired) electrons. The molecule has 2 rings (SSSR count). The summed E-state index contributed by atoms with van der Waals surface area (Å²) in [6, 6.07) is -0.464. The molecule has 0 aromatic carbocycles. The summed E-state index contributed by atoms with van der Waals surface area (Å²) in [5.74, 6) is -1.80. The highest BCUT2D eigenvalue weighted by Crippen LogP contribution is 2.41. The first kappa shape index (κ1) is 16.5. The molecule has 10 heteroatoms. The molecule has 21 heavy (non-hydrogen) atoms. The van der Waals surface area contributed by atoms with Gasteiger partial charge in [-0.25, -0.2) is 0 Å². The molecule has 2 aliphatic heterocycles. The van der Waals surface area contributed by atoms with Gasteiger partial charge in [-0.15, -0.1) is 0 Å². The van der Waals surface area contributed by atoms with Gasteiger partial charge in [0.25, 0.3) is 0 Å². The first-order chi connectivity index (χ1) is 9.58. The molecule has 2 aliphatic rings. The fraction of sp³-hybridized carbons (Fsp3) is 0.909. The number of piperidine rings is 1. The largest absolute Gasteiger partial charge is 0.523 e. The van der Waals surface area contributed by atoms with E-state index >= 15 is 0 Å². The van der Waals surface area contributed by atoms with E-state index in [2.05, 4.69) is 8.92 Å². The molecule has 2 heterocycles. The van der Waals surface area contributed by atoms with Crippen LogP contribution in [0.4, 0.5) is 13.2 Å². The molecule has 122 valence electrons. The second kappa shape index (κ2) is 5.40. The van der Waals surface area contributed by atoms with Gasteiger partial charge in [0, 0.05) is 12.1 Å². The lowest BCUT2D eigenvalue weighted by molar-refractivity contribution is -0.155. The van der Waals surface area contributed by atoms with Crippen molar-refractivity contribution in [2.45, 2.75) is 43.0 Å². The average molecular weight is 331 g/mol. The highest BCUT2D eigenvalue weighted by atomic mass is 32.2. The molecular weight excluding hydrogens is 315 g/mol. The Balaban J connectivity index is 2.27. The van der Waals surface area contributed by atoms with Crippen LogP contribution in [0.3, 0.4) is 0 Å². The third-order valence-corrected chi connectivity index (χ3v) is 5.29. The first-order valence-corrected chi connectivity index (χ1v) is 7.78. The number of alkyl halides is 3. The molecule has 0 aromatic heterocycles. The topological polar surface area (TPSA) is 72.9 Å². The standard InChI is InChI=1S/C11H16F3NO5S/c1-15-6-3-4-7(15)9(10(16)19-2)8(5-6)20-21(17,18)11(12,13)14/h6-9H,3-5H2,1-2H3. The minimum absolute atomic E-state index is 0.0437. The van der Waals surface area contributed by atoms with Crippen LogP contribution in [0.1, 0.15) is 19.3 Å². The molecule has 0 amide bonds. The van der Waals surface area contributed by atoms with Crippen molar-refractivity contribution in [3.63, 3.8) is 0 Å². The summed E-state index contributed by atoms with van der Waals surface area (Å²) in [5, 5.41) is 0. The first-order valence-electron chi connectivity index (χ1n) is 6.38. The zero-order chi connectivity index (χ0) is 16.0. The van der Waals surface area contributed by atoms with Gasteiger partial charge in [-0.1, -0.05) is 0 Å². The van der Waals surface area contributed by atoms with Gasteiger partial charge in [0.1, 0.15) is 0 Å². The number of fused-ring (bicyclic) bond motifs is 2. The molecule has 2 saturated heterocycles. The van der Waals surface area contributed by atoms with Gasteiger partial charge in [-0.05, 0) is 26.3 Å². The number of methoxy groups -OCH3 is 1. The number of esters is 1. The van der Waals surface area contributed by atoms with Crippen molar-refractivity contribution in [3.05, 3.63) is 0 Å². The highest BCUT2D eigenvalue weighted by Gasteiger charge is 2.55. The Morgan fingerprint density at radius 3 is 2.43 bits per heavy atom. The van der Waals surface area contributed by atoms with E-state index < -0.39 is 33.6 Å². The summed E-state index contributed by atoms with van der Waals surface area (Å²) < 4.78 is 68.6. The predicted octanol–water partition coefficient (Wildman–Crippen LogP) is 0.877. The van der Waals surface area contributed by atoms with Gasteiger partial charge in [0.05, 0.1) is 19.1 Å². The van der Waals surface area contributed by atoms with Gasteiger partial charge >= 0.3 is 21.6 Å². The lowest BCUT2D eigenvalue weighted by Gasteiger charge is -2.40. The molecule has 0 N–H and O–H groups in total. The molecule has 6 nitrogen and oxygen atoms in total. The highest BCUT2D eigenvalue weighted by molar-refractivity contribution is 7.87. The van der Waals surface area contributed by atoms with Crippen molar-refractivity contribution in [2.75, 3.05) is 14.2 Å². The third-order valence-electron chi connectivity index (χ3n) is 4.22. The van der Waals surface area contributed by atoms with Crippen LogP contribution < -0.4 is 0 Å². The van der Waals surface area contributed by atoms with E-state index in [9.17, 15) is 26.4 Å². The molecule has 2 fully saturated rings. The van der Waals surface area contributed by atoms with Crippen LogP contribution in [0.15, 0.2) is 0 Å². The number of carbonyl (C=O) groups is 1. The Hall–Kier alpha value is -0.870. The number of carbonyl (C=O) groups excluding carboxylic acids is 1. The summed E-state index contributed by atoms with van der Waals surface area (Å²) in [4.78, 5) is 13.7. The minimum atomic E-state index is -5.73. The SMILES string of the molecule is COC(=O)C1C(OS(=O)(=O)C(F)(F)F)CC2CCC1N2C. The summed E-state index contributed by atoms with van der Waals surface area (Å²) in [7, 11) is -2.87. The molecule has 0 saturated carbocycles. The van der Waals surface area contributed by atoms with Crippen LogP contribution in [0.25, 0.3) is 0 Å². The second-order valence-electron chi connectivity index (χ2n) is 5.28. The normalized spacial score (nSPS) is 34.0. The van der Waals surface area contributed by atoms with Crippen LogP contribution in [0.5, 0.6) is 0 Å². The van der Waals surface area contributed by atoms with Crippen molar-refractivity contribution in [1.29, 1.82) is 0 Å². The zero-order valence-electron chi connectivity index (χ0n) is 11.5. The van der Waals surface area contributed by atoms with E-state index in [-0.39, 0.29) is 18.5 Å². The summed E-state index contributed by atoms with van der Waals surface area (Å²) in [6.07, 6.45) is -0.0343. The van der Waals surface area contributed by atoms with Crippen LogP contribution >= 0.6 is 0 Å². The van der Waals surface area contributed by atoms with E-state index in [1.807, 2.05) is 4.90 Å². The number of hydrogen-bond acceptors (Lipinski definition) is 6. The molecular formula is C11H16F3NO5S. The van der Waals surface area contributed by atoms with E-state index in [1.54, 1.807) is 7.05 Å². The Bertz CT molecular complexity index is 520. The van der Waals surface area contributed by atoms with E-state index in [4.69, 9.17) is 0 Å². The predicted molar refractivity (Wildman–Crippen MR) is 64.5 cm³/mol. The number of hydrogen-bond donors (Lipinski definition) is 0. The fourth-order valence-corrected chi connectivity index (χ4v) is 3.81. The van der Waals surface area contributed by atoms with Crippen molar-refractivity contribution >= 4 is 16.1 Å². The summed E-state index contributed by atoms with van der Waals surface area (Å²) in [6.45, 7) is 0. The fourth-order valence-electron chi connectivity index (χ4n) is 3.18. The molecule has 2 bridgehead atoms. The Morgan fingerprint density at radius 1 is 1.29 bits per heavy atom. The number of ether oxygens (including phenoxy) is 1. The Kier molecular flexibility index (Phi) is 4.24. The Labute approximate surface area is 120 Å². The van der Waals surface area contributed by atoms with Gasteiger partial charge in [-0.2, -0.15) is 21.6 Å². The van der Waals surface area contributed by atoms with Crippen LogP contribution in [0, 0.1) is 5.92 Å². The maximum atomic E-state index is 12.4. The van der Waals surface area contributed by atoms with E-state index in [0.29, 0.717) is 12.8 Å². The van der Waals surface area contributed by atoms with Gasteiger partial charge in [0.2, 0.25) is 0 Å². The third kappa shape index (κ3) is 2.88. The minimum Gasteiger partial charge on any atom is -0.469 e. The van der Waals surface area contributed by atoms with Crippen molar-refractivity contribution in [3.8, 4) is 0 Å². The quantitative estimate of drug-likeness (QED) is 0.434. The molecule has 0 aromatic rings. The molecule has 0 aliphatic carbocycles. The number of rotatable bonds is 3. The lowest BCUT2D eigenvalue weighted by atomic mass is 9.88. The smallest absolute Gasteiger partial charge is 0.469 e. The van der Waals surface area contributed by atoms with Crippen molar-refractivity contribution < 1.29 is 35.3 Å². The van der Waals surface area contributed by atoms with Crippen molar-refractivity contribution in [1.82, 2.24) is 4.90 Å².